The summed E-state index contributed by atoms with van der Waals surface area (Å²) in [6.45, 7) is 1.25. The summed E-state index contributed by atoms with van der Waals surface area (Å²) in [6.07, 6.45) is -5.76. The SMILES string of the molecule is CN(C)CCn1nccc1NC(=O)c1cncc2nc(C(F)(F)F)n(C)c12.O=C(O)C(F)(F)F. The smallest absolute Gasteiger partial charge is 0.475 e. The fourth-order valence-corrected chi connectivity index (χ4v) is 2.69. The molecule has 0 aliphatic carbocycles. The topological polar surface area (TPSA) is 118 Å². The predicted molar refractivity (Wildman–Crippen MR) is 106 cm³/mol. The van der Waals surface area contributed by atoms with E-state index >= 15 is 0 Å². The third-order valence-corrected chi connectivity index (χ3v) is 4.24. The molecule has 186 valence electrons. The minimum Gasteiger partial charge on any atom is -0.475 e. The van der Waals surface area contributed by atoms with Gasteiger partial charge in [0, 0.05) is 25.9 Å². The number of aliphatic carboxylic acids is 1. The number of hydrogen-bond donors (Lipinski definition) is 2. The van der Waals surface area contributed by atoms with Gasteiger partial charge >= 0.3 is 18.3 Å². The zero-order valence-corrected chi connectivity index (χ0v) is 17.9. The molecular formula is C18H19F6N7O3. The number of imidazole rings is 1. The highest BCUT2D eigenvalue weighted by atomic mass is 19.4. The number of anilines is 1. The number of carboxylic acid groups (broad SMARTS) is 1. The van der Waals surface area contributed by atoms with E-state index in [0.717, 1.165) is 4.57 Å². The normalized spacial score (nSPS) is 11.9. The number of pyridine rings is 1. The van der Waals surface area contributed by atoms with Crippen molar-refractivity contribution in [2.24, 2.45) is 7.05 Å². The number of rotatable bonds is 5. The summed E-state index contributed by atoms with van der Waals surface area (Å²) in [7, 11) is 5.04. The summed E-state index contributed by atoms with van der Waals surface area (Å²) < 4.78 is 73.5. The molecule has 16 heteroatoms. The van der Waals surface area contributed by atoms with E-state index in [2.05, 4.69) is 20.4 Å². The molecule has 0 fully saturated rings. The maximum atomic E-state index is 13.1. The van der Waals surface area contributed by atoms with Crippen LogP contribution in [0.5, 0.6) is 0 Å². The van der Waals surface area contributed by atoms with Crippen molar-refractivity contribution in [1.29, 1.82) is 0 Å². The Balaban J connectivity index is 0.000000509. The second-order valence-corrected chi connectivity index (χ2v) is 7.05. The summed E-state index contributed by atoms with van der Waals surface area (Å²) in [5.41, 5.74) is 0.0612. The number of fused-ring (bicyclic) bond motifs is 1. The van der Waals surface area contributed by atoms with Crippen molar-refractivity contribution < 1.29 is 41.0 Å². The number of halogens is 6. The average molecular weight is 495 g/mol. The molecule has 0 bridgehead atoms. The molecule has 0 aromatic carbocycles. The maximum absolute atomic E-state index is 13.1. The lowest BCUT2D eigenvalue weighted by molar-refractivity contribution is -0.192. The molecular weight excluding hydrogens is 476 g/mol. The molecule has 10 nitrogen and oxygen atoms in total. The molecule has 3 aromatic rings. The molecule has 3 rings (SSSR count). The van der Waals surface area contributed by atoms with Gasteiger partial charge in [-0.15, -0.1) is 0 Å². The molecule has 0 atom stereocenters. The number of aromatic nitrogens is 5. The number of carboxylic acids is 1. The van der Waals surface area contributed by atoms with Gasteiger partial charge < -0.3 is 19.9 Å². The molecule has 34 heavy (non-hydrogen) atoms. The number of hydrogen-bond acceptors (Lipinski definition) is 6. The number of nitrogens with one attached hydrogen (secondary N) is 1. The van der Waals surface area contributed by atoms with Crippen LogP contribution in [-0.4, -0.2) is 73.0 Å². The van der Waals surface area contributed by atoms with Gasteiger partial charge in [-0.1, -0.05) is 0 Å². The van der Waals surface area contributed by atoms with E-state index in [1.165, 1.54) is 25.6 Å². The van der Waals surface area contributed by atoms with Crippen molar-refractivity contribution in [2.75, 3.05) is 26.0 Å². The number of alkyl halides is 6. The standard InChI is InChI=1S/C16H18F3N7O.C2HF3O2/c1-24(2)6-7-26-12(4-5-21-26)23-14(27)10-8-20-9-11-13(10)25(3)15(22-11)16(17,18)19;3-2(4,5)1(6)7/h4-5,8-9H,6-7H2,1-3H3,(H,23,27);(H,6,7). The van der Waals surface area contributed by atoms with Crippen molar-refractivity contribution >= 4 is 28.7 Å². The number of carbonyl (C=O) groups excluding carboxylic acids is 1. The molecule has 0 saturated heterocycles. The molecule has 3 aromatic heterocycles. The first-order valence-electron chi connectivity index (χ1n) is 9.28. The van der Waals surface area contributed by atoms with Crippen molar-refractivity contribution in [3.63, 3.8) is 0 Å². The minimum absolute atomic E-state index is 0.00131. The lowest BCUT2D eigenvalue weighted by Crippen LogP contribution is -2.22. The second-order valence-electron chi connectivity index (χ2n) is 7.05. The molecule has 0 unspecified atom stereocenters. The van der Waals surface area contributed by atoms with Gasteiger partial charge in [0.1, 0.15) is 11.3 Å². The molecule has 0 radical (unpaired) electrons. The van der Waals surface area contributed by atoms with Gasteiger partial charge in [-0.3, -0.25) is 9.78 Å². The average Bonchev–Trinajstić information content (AvgIpc) is 3.29. The van der Waals surface area contributed by atoms with E-state index < -0.39 is 30.1 Å². The van der Waals surface area contributed by atoms with Gasteiger partial charge in [0.2, 0.25) is 5.82 Å². The largest absolute Gasteiger partial charge is 0.490 e. The highest BCUT2D eigenvalue weighted by Gasteiger charge is 2.38. The van der Waals surface area contributed by atoms with E-state index in [1.807, 2.05) is 19.0 Å². The predicted octanol–water partition coefficient (Wildman–Crippen LogP) is 2.63. The number of amides is 1. The van der Waals surface area contributed by atoms with Crippen LogP contribution in [0.4, 0.5) is 32.2 Å². The molecule has 0 saturated carbocycles. The summed E-state index contributed by atoms with van der Waals surface area (Å²) in [4.78, 5) is 31.0. The third-order valence-electron chi connectivity index (χ3n) is 4.24. The number of carbonyl (C=O) groups is 2. The highest BCUT2D eigenvalue weighted by molar-refractivity contribution is 6.11. The highest BCUT2D eigenvalue weighted by Crippen LogP contribution is 2.31. The third kappa shape index (κ3) is 6.43. The Morgan fingerprint density at radius 3 is 2.29 bits per heavy atom. The van der Waals surface area contributed by atoms with E-state index in [9.17, 15) is 31.1 Å². The summed E-state index contributed by atoms with van der Waals surface area (Å²) in [5, 5.41) is 13.9. The van der Waals surface area contributed by atoms with E-state index in [1.54, 1.807) is 10.7 Å². The Kier molecular flexibility index (Phi) is 7.86. The zero-order valence-electron chi connectivity index (χ0n) is 17.9. The van der Waals surface area contributed by atoms with Gasteiger partial charge in [-0.2, -0.15) is 31.4 Å². The van der Waals surface area contributed by atoms with Crippen LogP contribution in [0.25, 0.3) is 11.0 Å². The fourth-order valence-electron chi connectivity index (χ4n) is 2.69. The minimum atomic E-state index is -5.08. The summed E-state index contributed by atoms with van der Waals surface area (Å²) >= 11 is 0. The Morgan fingerprint density at radius 2 is 1.76 bits per heavy atom. The van der Waals surface area contributed by atoms with Crippen LogP contribution in [0.1, 0.15) is 16.2 Å². The maximum Gasteiger partial charge on any atom is 0.490 e. The van der Waals surface area contributed by atoms with E-state index in [4.69, 9.17) is 9.90 Å². The molecule has 3 heterocycles. The lowest BCUT2D eigenvalue weighted by atomic mass is 10.2. The van der Waals surface area contributed by atoms with Crippen molar-refractivity contribution in [2.45, 2.75) is 18.9 Å². The van der Waals surface area contributed by atoms with Crippen LogP contribution >= 0.6 is 0 Å². The quantitative estimate of drug-likeness (QED) is 0.523. The van der Waals surface area contributed by atoms with Gasteiger partial charge in [0.05, 0.1) is 30.0 Å². The van der Waals surface area contributed by atoms with Crippen LogP contribution in [0.15, 0.2) is 24.7 Å². The van der Waals surface area contributed by atoms with Crippen LogP contribution < -0.4 is 5.32 Å². The van der Waals surface area contributed by atoms with Gasteiger partial charge in [0.25, 0.3) is 5.91 Å². The summed E-state index contributed by atoms with van der Waals surface area (Å²) in [5.74, 6) is -3.99. The van der Waals surface area contributed by atoms with Crippen LogP contribution in [0, 0.1) is 0 Å². The Labute approximate surface area is 187 Å². The Hall–Kier alpha value is -3.69. The molecule has 0 aliphatic heterocycles. The lowest BCUT2D eigenvalue weighted by Gasteiger charge is -2.13. The van der Waals surface area contributed by atoms with Gasteiger partial charge in [-0.25, -0.2) is 14.5 Å². The van der Waals surface area contributed by atoms with E-state index in [-0.39, 0.29) is 16.6 Å². The van der Waals surface area contributed by atoms with Crippen molar-refractivity contribution in [3.8, 4) is 0 Å². The number of nitrogens with zero attached hydrogens (tertiary/aromatic N) is 6. The van der Waals surface area contributed by atoms with Crippen LogP contribution in [0.3, 0.4) is 0 Å². The van der Waals surface area contributed by atoms with Crippen LogP contribution in [0.2, 0.25) is 0 Å². The number of likely N-dealkylation sites (N-methyl/N-ethyl adjacent to an activating group) is 1. The van der Waals surface area contributed by atoms with Gasteiger partial charge in [-0.05, 0) is 14.1 Å². The Morgan fingerprint density at radius 1 is 1.15 bits per heavy atom. The monoisotopic (exact) mass is 495 g/mol. The van der Waals surface area contributed by atoms with Crippen LogP contribution in [-0.2, 0) is 24.6 Å². The van der Waals surface area contributed by atoms with Crippen molar-refractivity contribution in [1.82, 2.24) is 29.2 Å². The fraction of sp³-hybridized carbons (Fsp3) is 0.389. The molecule has 0 spiro atoms. The first-order chi connectivity index (χ1) is 15.6. The van der Waals surface area contributed by atoms with Gasteiger partial charge in [0.15, 0.2) is 0 Å². The zero-order chi connectivity index (χ0) is 25.8. The molecule has 0 aliphatic rings. The molecule has 1 amide bonds. The first-order valence-corrected chi connectivity index (χ1v) is 9.28. The summed E-state index contributed by atoms with van der Waals surface area (Å²) in [6, 6.07) is 1.62. The molecule has 2 N–H and O–H groups in total. The Bertz CT molecular complexity index is 1170. The van der Waals surface area contributed by atoms with Crippen molar-refractivity contribution in [3.05, 3.63) is 36.0 Å². The first kappa shape index (κ1) is 26.6. The second kappa shape index (κ2) is 10.1. The van der Waals surface area contributed by atoms with E-state index in [0.29, 0.717) is 18.9 Å². The number of aryl methyl sites for hydroxylation is 1.